The second-order valence-electron chi connectivity index (χ2n) is 7.54. The Hall–Kier alpha value is -2.43. The molecule has 2 aromatic rings. The third-order valence-electron chi connectivity index (χ3n) is 5.38. The lowest BCUT2D eigenvalue weighted by molar-refractivity contribution is -0.134. The number of rotatable bonds is 5. The highest BCUT2D eigenvalue weighted by Crippen LogP contribution is 2.27. The Labute approximate surface area is 176 Å². The smallest absolute Gasteiger partial charge is 0.244 e. The van der Waals surface area contributed by atoms with Gasteiger partial charge in [-0.1, -0.05) is 11.6 Å². The van der Waals surface area contributed by atoms with E-state index in [1.165, 1.54) is 12.7 Å². The number of aromatic nitrogens is 3. The Kier molecular flexibility index (Phi) is 6.07. The molecule has 1 aromatic carbocycles. The lowest BCUT2D eigenvalue weighted by Gasteiger charge is -2.24. The van der Waals surface area contributed by atoms with E-state index >= 15 is 0 Å². The molecule has 0 radical (unpaired) electrons. The van der Waals surface area contributed by atoms with Gasteiger partial charge in [0.15, 0.2) is 0 Å². The molecule has 2 amide bonds. The molecule has 0 bridgehead atoms. The van der Waals surface area contributed by atoms with Gasteiger partial charge in [0.25, 0.3) is 0 Å². The number of benzene rings is 1. The number of carbonyl (C=O) groups excluding carboxylic acids is 2. The van der Waals surface area contributed by atoms with Crippen molar-refractivity contribution in [3.63, 3.8) is 0 Å². The molecule has 2 aliphatic rings. The van der Waals surface area contributed by atoms with Crippen molar-refractivity contribution in [3.8, 4) is 5.69 Å². The SMILES string of the molecule is O=C(NC(=O)[C@H]1CC(F)CN1)C1C[C@@H](F)CN1Cc1cc(Cl)ccc1-n1cncn1. The van der Waals surface area contributed by atoms with Crippen LogP contribution in [0.15, 0.2) is 30.9 Å². The molecule has 3 heterocycles. The van der Waals surface area contributed by atoms with Crippen molar-refractivity contribution in [2.45, 2.75) is 43.8 Å². The van der Waals surface area contributed by atoms with Crippen molar-refractivity contribution in [2.24, 2.45) is 0 Å². The standard InChI is InChI=1S/C19H21ClF2N6O2/c20-12-1-2-16(28-10-23-9-25-28)11(3-12)7-27-8-14(22)5-17(27)19(30)26-18(29)15-4-13(21)6-24-15/h1-3,9-10,13-15,17,24H,4-8H2,(H,26,29,30)/t13?,14-,15-,17?/m1/s1. The Balaban J connectivity index is 1.49. The summed E-state index contributed by atoms with van der Waals surface area (Å²) >= 11 is 6.15. The Bertz CT molecular complexity index is 928. The lowest BCUT2D eigenvalue weighted by atomic mass is 10.1. The van der Waals surface area contributed by atoms with Crippen LogP contribution in [-0.2, 0) is 16.1 Å². The molecule has 8 nitrogen and oxygen atoms in total. The maximum Gasteiger partial charge on any atom is 0.244 e. The minimum Gasteiger partial charge on any atom is -0.303 e. The quantitative estimate of drug-likeness (QED) is 0.681. The zero-order valence-electron chi connectivity index (χ0n) is 16.0. The largest absolute Gasteiger partial charge is 0.303 e. The summed E-state index contributed by atoms with van der Waals surface area (Å²) in [5.41, 5.74) is 1.45. The van der Waals surface area contributed by atoms with Crippen LogP contribution in [0.3, 0.4) is 0 Å². The summed E-state index contributed by atoms with van der Waals surface area (Å²) in [7, 11) is 0. The highest BCUT2D eigenvalue weighted by atomic mass is 35.5. The predicted molar refractivity (Wildman–Crippen MR) is 105 cm³/mol. The van der Waals surface area contributed by atoms with Crippen molar-refractivity contribution in [2.75, 3.05) is 13.1 Å². The van der Waals surface area contributed by atoms with Crippen LogP contribution in [-0.4, -0.2) is 69.0 Å². The molecule has 2 unspecified atom stereocenters. The summed E-state index contributed by atoms with van der Waals surface area (Å²) in [6.07, 6.45) is 0.596. The summed E-state index contributed by atoms with van der Waals surface area (Å²) in [6, 6.07) is 3.63. The number of nitrogens with zero attached hydrogens (tertiary/aromatic N) is 4. The summed E-state index contributed by atoms with van der Waals surface area (Å²) < 4.78 is 29.1. The fourth-order valence-corrected chi connectivity index (χ4v) is 4.13. The number of alkyl halides is 2. The molecule has 0 aliphatic carbocycles. The van der Waals surface area contributed by atoms with Gasteiger partial charge in [0.2, 0.25) is 11.8 Å². The van der Waals surface area contributed by atoms with Crippen LogP contribution in [0.4, 0.5) is 8.78 Å². The normalized spacial score (nSPS) is 26.8. The van der Waals surface area contributed by atoms with Gasteiger partial charge in [0.1, 0.15) is 25.0 Å². The second-order valence-corrected chi connectivity index (χ2v) is 7.98. The molecule has 4 atom stereocenters. The van der Waals surface area contributed by atoms with Gasteiger partial charge in [0, 0.05) is 37.5 Å². The second kappa shape index (κ2) is 8.75. The van der Waals surface area contributed by atoms with Crippen molar-refractivity contribution in [1.82, 2.24) is 30.3 Å². The summed E-state index contributed by atoms with van der Waals surface area (Å²) in [5, 5.41) is 9.65. The number of imide groups is 1. The number of likely N-dealkylation sites (tertiary alicyclic amines) is 1. The number of halogens is 3. The molecule has 1 aromatic heterocycles. The summed E-state index contributed by atoms with van der Waals surface area (Å²) in [5.74, 6) is -1.18. The molecular weight excluding hydrogens is 418 g/mol. The van der Waals surface area contributed by atoms with E-state index in [0.717, 1.165) is 5.56 Å². The van der Waals surface area contributed by atoms with Crippen LogP contribution < -0.4 is 10.6 Å². The number of hydrogen-bond acceptors (Lipinski definition) is 6. The molecule has 0 saturated carbocycles. The topological polar surface area (TPSA) is 92.2 Å². The fourth-order valence-electron chi connectivity index (χ4n) is 3.93. The van der Waals surface area contributed by atoms with Crippen molar-refractivity contribution in [1.29, 1.82) is 0 Å². The highest BCUT2D eigenvalue weighted by Gasteiger charge is 2.39. The van der Waals surface area contributed by atoms with Crippen LogP contribution >= 0.6 is 11.6 Å². The average molecular weight is 439 g/mol. The Morgan fingerprint density at radius 1 is 1.23 bits per heavy atom. The van der Waals surface area contributed by atoms with E-state index in [2.05, 4.69) is 20.7 Å². The number of hydrogen-bond donors (Lipinski definition) is 2. The highest BCUT2D eigenvalue weighted by molar-refractivity contribution is 6.30. The van der Waals surface area contributed by atoms with Crippen LogP contribution in [0.2, 0.25) is 5.02 Å². The number of carbonyl (C=O) groups is 2. The number of amides is 2. The lowest BCUT2D eigenvalue weighted by Crippen LogP contribution is -2.49. The van der Waals surface area contributed by atoms with Crippen molar-refractivity contribution < 1.29 is 18.4 Å². The van der Waals surface area contributed by atoms with E-state index in [1.54, 1.807) is 27.8 Å². The monoisotopic (exact) mass is 438 g/mol. The first kappa shape index (κ1) is 20.8. The molecule has 2 aliphatic heterocycles. The van der Waals surface area contributed by atoms with E-state index in [0.29, 0.717) is 10.7 Å². The van der Waals surface area contributed by atoms with Gasteiger partial charge in [0.05, 0.1) is 17.8 Å². The maximum absolute atomic E-state index is 14.2. The first-order chi connectivity index (χ1) is 14.4. The van der Waals surface area contributed by atoms with Gasteiger partial charge in [-0.25, -0.2) is 18.4 Å². The number of nitrogens with one attached hydrogen (secondary N) is 2. The van der Waals surface area contributed by atoms with Crippen LogP contribution in [0.25, 0.3) is 5.69 Å². The molecule has 160 valence electrons. The molecule has 4 rings (SSSR count). The van der Waals surface area contributed by atoms with E-state index in [4.69, 9.17) is 11.6 Å². The third-order valence-corrected chi connectivity index (χ3v) is 5.61. The third kappa shape index (κ3) is 4.50. The summed E-state index contributed by atoms with van der Waals surface area (Å²) in [6.45, 7) is 0.356. The Morgan fingerprint density at radius 2 is 2.07 bits per heavy atom. The Morgan fingerprint density at radius 3 is 2.77 bits per heavy atom. The average Bonchev–Trinajstić information content (AvgIpc) is 3.43. The van der Waals surface area contributed by atoms with Crippen LogP contribution in [0.1, 0.15) is 18.4 Å². The van der Waals surface area contributed by atoms with Crippen molar-refractivity contribution >= 4 is 23.4 Å². The zero-order chi connectivity index (χ0) is 21.3. The maximum atomic E-state index is 14.2. The molecule has 2 fully saturated rings. The molecule has 11 heteroatoms. The van der Waals surface area contributed by atoms with Crippen LogP contribution in [0, 0.1) is 0 Å². The molecular formula is C19H21ClF2N6O2. The van der Waals surface area contributed by atoms with E-state index in [1.807, 2.05) is 0 Å². The van der Waals surface area contributed by atoms with Gasteiger partial charge in [-0.2, -0.15) is 5.10 Å². The fraction of sp³-hybridized carbons (Fsp3) is 0.474. The van der Waals surface area contributed by atoms with E-state index < -0.39 is 36.2 Å². The van der Waals surface area contributed by atoms with Gasteiger partial charge >= 0.3 is 0 Å². The predicted octanol–water partition coefficient (Wildman–Crippen LogP) is 1.18. The van der Waals surface area contributed by atoms with Crippen molar-refractivity contribution in [3.05, 3.63) is 41.4 Å². The van der Waals surface area contributed by atoms with Crippen LogP contribution in [0.5, 0.6) is 0 Å². The minimum atomic E-state index is -1.20. The van der Waals surface area contributed by atoms with E-state index in [-0.39, 0.29) is 32.5 Å². The molecule has 2 N–H and O–H groups in total. The van der Waals surface area contributed by atoms with Gasteiger partial charge in [-0.05, 0) is 23.8 Å². The zero-order valence-corrected chi connectivity index (χ0v) is 16.7. The van der Waals surface area contributed by atoms with Gasteiger partial charge < -0.3 is 5.32 Å². The first-order valence-electron chi connectivity index (χ1n) is 9.64. The molecule has 2 saturated heterocycles. The first-order valence-corrected chi connectivity index (χ1v) is 10.0. The van der Waals surface area contributed by atoms with Gasteiger partial charge in [-0.3, -0.25) is 19.8 Å². The van der Waals surface area contributed by atoms with Gasteiger partial charge in [-0.15, -0.1) is 0 Å². The van der Waals surface area contributed by atoms with E-state index in [9.17, 15) is 18.4 Å². The summed E-state index contributed by atoms with van der Waals surface area (Å²) in [4.78, 5) is 30.6. The minimum absolute atomic E-state index is 0.0169. The molecule has 30 heavy (non-hydrogen) atoms. The molecule has 0 spiro atoms.